The van der Waals surface area contributed by atoms with E-state index < -0.39 is 11.9 Å². The van der Waals surface area contributed by atoms with Gasteiger partial charge in [-0.25, -0.2) is 0 Å². The molecule has 1 aliphatic heterocycles. The minimum absolute atomic E-state index is 0. The van der Waals surface area contributed by atoms with Crippen molar-refractivity contribution in [3.05, 3.63) is 50.8 Å². The number of halogens is 6. The summed E-state index contributed by atoms with van der Waals surface area (Å²) < 4.78 is 40.7. The second kappa shape index (κ2) is 6.89. The Bertz CT molecular complexity index is 713. The zero-order chi connectivity index (χ0) is 15.9. The Morgan fingerprint density at radius 1 is 1.26 bits per heavy atom. The molecule has 2 aromatic rings. The second-order valence-corrected chi connectivity index (χ2v) is 5.94. The molecule has 0 radical (unpaired) electrons. The van der Waals surface area contributed by atoms with Gasteiger partial charge in [0.05, 0.1) is 12.2 Å². The summed E-state index contributed by atoms with van der Waals surface area (Å²) in [6.07, 6.45) is -4.13. The maximum Gasteiger partial charge on any atom is 0.435 e. The van der Waals surface area contributed by atoms with Crippen molar-refractivity contribution in [2.45, 2.75) is 25.7 Å². The Labute approximate surface area is 147 Å². The number of aromatic nitrogens is 2. The van der Waals surface area contributed by atoms with Gasteiger partial charge in [0.1, 0.15) is 0 Å². The molecule has 1 aromatic heterocycles. The van der Waals surface area contributed by atoms with Gasteiger partial charge in [-0.15, -0.1) is 12.4 Å². The van der Waals surface area contributed by atoms with Crippen molar-refractivity contribution in [2.75, 3.05) is 6.54 Å². The number of nitrogens with one attached hydrogen (secondary N) is 1. The van der Waals surface area contributed by atoms with Crippen molar-refractivity contribution < 1.29 is 13.2 Å². The molecule has 0 atom stereocenters. The predicted molar refractivity (Wildman–Crippen MR) is 85.5 cm³/mol. The highest BCUT2D eigenvalue weighted by atomic mass is 35.5. The lowest BCUT2D eigenvalue weighted by Crippen LogP contribution is -2.26. The molecule has 1 aromatic carbocycles. The summed E-state index contributed by atoms with van der Waals surface area (Å²) >= 11 is 11.9. The summed E-state index contributed by atoms with van der Waals surface area (Å²) in [7, 11) is 0. The van der Waals surface area contributed by atoms with Gasteiger partial charge >= 0.3 is 6.18 Å². The molecular formula is C14H13Cl3F3N3. The van der Waals surface area contributed by atoms with Gasteiger partial charge in [0, 0.05) is 22.2 Å². The molecular weight excluding hydrogens is 374 g/mol. The standard InChI is InChI=1S/C14H12Cl2F3N3.ClH/c15-9-2-1-8(11(16)5-9)7-22-12-6-20-4-3-10(12)13(21-22)14(17,18)19;/h1-2,5,20H,3-4,6-7H2;1H. The van der Waals surface area contributed by atoms with E-state index in [0.717, 1.165) is 0 Å². The lowest BCUT2D eigenvalue weighted by Gasteiger charge is -2.16. The van der Waals surface area contributed by atoms with Crippen LogP contribution in [0, 0.1) is 0 Å². The van der Waals surface area contributed by atoms with E-state index in [1.54, 1.807) is 18.2 Å². The van der Waals surface area contributed by atoms with Crippen LogP contribution in [0.4, 0.5) is 13.2 Å². The van der Waals surface area contributed by atoms with Crippen molar-refractivity contribution in [3.63, 3.8) is 0 Å². The van der Waals surface area contributed by atoms with Gasteiger partial charge in [0.15, 0.2) is 5.69 Å². The van der Waals surface area contributed by atoms with Gasteiger partial charge < -0.3 is 5.32 Å². The van der Waals surface area contributed by atoms with Gasteiger partial charge in [0.25, 0.3) is 0 Å². The van der Waals surface area contributed by atoms with Gasteiger partial charge in [-0.2, -0.15) is 18.3 Å². The van der Waals surface area contributed by atoms with Crippen molar-refractivity contribution in [3.8, 4) is 0 Å². The molecule has 0 saturated heterocycles. The Hall–Kier alpha value is -0.950. The first-order valence-corrected chi connectivity index (χ1v) is 7.42. The van der Waals surface area contributed by atoms with Crippen LogP contribution in [0.15, 0.2) is 18.2 Å². The fraction of sp³-hybridized carbons (Fsp3) is 0.357. The maximum atomic E-state index is 13.1. The molecule has 0 amide bonds. The minimum atomic E-state index is -4.45. The fourth-order valence-electron chi connectivity index (χ4n) is 2.58. The number of hydrogen-bond acceptors (Lipinski definition) is 2. The summed E-state index contributed by atoms with van der Waals surface area (Å²) in [5, 5.41) is 7.75. The first-order valence-electron chi connectivity index (χ1n) is 6.66. The van der Waals surface area contributed by atoms with Crippen molar-refractivity contribution in [1.82, 2.24) is 15.1 Å². The van der Waals surface area contributed by atoms with Crippen molar-refractivity contribution >= 4 is 35.6 Å². The van der Waals surface area contributed by atoms with Gasteiger partial charge in [-0.05, 0) is 30.7 Å². The van der Waals surface area contributed by atoms with Crippen molar-refractivity contribution in [1.29, 1.82) is 0 Å². The van der Waals surface area contributed by atoms with E-state index in [0.29, 0.717) is 40.8 Å². The topological polar surface area (TPSA) is 29.9 Å². The third-order valence-corrected chi connectivity index (χ3v) is 4.20. The van der Waals surface area contributed by atoms with Crippen LogP contribution in [0.25, 0.3) is 0 Å². The molecule has 1 aliphatic rings. The molecule has 1 N–H and O–H groups in total. The van der Waals surface area contributed by atoms with Crippen LogP contribution in [0.3, 0.4) is 0 Å². The minimum Gasteiger partial charge on any atom is -0.311 e. The summed E-state index contributed by atoms with van der Waals surface area (Å²) in [4.78, 5) is 0. The quantitative estimate of drug-likeness (QED) is 0.833. The van der Waals surface area contributed by atoms with Gasteiger partial charge in [-0.3, -0.25) is 4.68 Å². The van der Waals surface area contributed by atoms with E-state index in [4.69, 9.17) is 23.2 Å². The molecule has 23 heavy (non-hydrogen) atoms. The summed E-state index contributed by atoms with van der Waals surface area (Å²) in [5.74, 6) is 0. The van der Waals surface area contributed by atoms with E-state index in [1.807, 2.05) is 0 Å². The lowest BCUT2D eigenvalue weighted by molar-refractivity contribution is -0.142. The molecule has 2 heterocycles. The molecule has 3 rings (SSSR count). The van der Waals surface area contributed by atoms with Crippen LogP contribution in [-0.4, -0.2) is 16.3 Å². The number of benzene rings is 1. The first-order chi connectivity index (χ1) is 10.4. The highest BCUT2D eigenvalue weighted by Crippen LogP contribution is 2.34. The molecule has 0 spiro atoms. The van der Waals surface area contributed by atoms with Gasteiger partial charge in [0.2, 0.25) is 0 Å². The first kappa shape index (κ1) is 18.4. The Balaban J connectivity index is 0.00000192. The monoisotopic (exact) mass is 385 g/mol. The summed E-state index contributed by atoms with van der Waals surface area (Å²) in [6, 6.07) is 4.92. The number of fused-ring (bicyclic) bond motifs is 1. The Morgan fingerprint density at radius 3 is 2.65 bits per heavy atom. The maximum absolute atomic E-state index is 13.1. The number of nitrogens with zero attached hydrogens (tertiary/aromatic N) is 2. The highest BCUT2D eigenvalue weighted by Gasteiger charge is 2.39. The molecule has 0 saturated carbocycles. The zero-order valence-corrected chi connectivity index (χ0v) is 14.1. The van der Waals surface area contributed by atoms with E-state index in [9.17, 15) is 13.2 Å². The third-order valence-electron chi connectivity index (χ3n) is 3.61. The van der Waals surface area contributed by atoms with E-state index in [2.05, 4.69) is 10.4 Å². The largest absolute Gasteiger partial charge is 0.435 e. The Kier molecular flexibility index (Phi) is 5.51. The molecule has 0 unspecified atom stereocenters. The number of rotatable bonds is 2. The van der Waals surface area contributed by atoms with Crippen LogP contribution < -0.4 is 5.32 Å². The van der Waals surface area contributed by atoms with Crippen LogP contribution in [0.5, 0.6) is 0 Å². The normalized spacial score (nSPS) is 14.3. The van der Waals surface area contributed by atoms with Crippen LogP contribution in [0.1, 0.15) is 22.5 Å². The average molecular weight is 387 g/mol. The fourth-order valence-corrected chi connectivity index (χ4v) is 3.05. The smallest absolute Gasteiger partial charge is 0.311 e. The predicted octanol–water partition coefficient (Wildman–Crippen LogP) is 4.32. The van der Waals surface area contributed by atoms with Crippen LogP contribution in [0.2, 0.25) is 10.0 Å². The molecule has 0 aliphatic carbocycles. The number of hydrogen-bond donors (Lipinski definition) is 1. The molecule has 3 nitrogen and oxygen atoms in total. The molecule has 0 bridgehead atoms. The van der Waals surface area contributed by atoms with Crippen LogP contribution in [-0.2, 0) is 25.7 Å². The summed E-state index contributed by atoms with van der Waals surface area (Å²) in [6.45, 7) is 1.06. The number of alkyl halides is 3. The zero-order valence-electron chi connectivity index (χ0n) is 11.8. The van der Waals surface area contributed by atoms with Crippen LogP contribution >= 0.6 is 35.6 Å². The third kappa shape index (κ3) is 3.76. The molecule has 126 valence electrons. The average Bonchev–Trinajstić information content (AvgIpc) is 2.81. The van der Waals surface area contributed by atoms with E-state index >= 15 is 0 Å². The highest BCUT2D eigenvalue weighted by molar-refractivity contribution is 6.35. The van der Waals surface area contributed by atoms with Crippen molar-refractivity contribution in [2.24, 2.45) is 0 Å². The Morgan fingerprint density at radius 2 is 2.00 bits per heavy atom. The molecule has 0 fully saturated rings. The SMILES string of the molecule is Cl.FC(F)(F)c1nn(Cc2ccc(Cl)cc2Cl)c2c1CCNC2. The summed E-state index contributed by atoms with van der Waals surface area (Å²) in [5.41, 5.74) is 0.714. The second-order valence-electron chi connectivity index (χ2n) is 5.09. The lowest BCUT2D eigenvalue weighted by atomic mass is 10.1. The van der Waals surface area contributed by atoms with E-state index in [-0.39, 0.29) is 24.5 Å². The van der Waals surface area contributed by atoms with E-state index in [1.165, 1.54) is 4.68 Å². The molecule has 9 heteroatoms. The van der Waals surface area contributed by atoms with Gasteiger partial charge in [-0.1, -0.05) is 29.3 Å².